The van der Waals surface area contributed by atoms with E-state index in [4.69, 9.17) is 5.73 Å². The van der Waals surface area contributed by atoms with Crippen molar-refractivity contribution in [3.05, 3.63) is 12.2 Å². The van der Waals surface area contributed by atoms with Crippen LogP contribution in [0.15, 0.2) is 12.2 Å². The van der Waals surface area contributed by atoms with Crippen molar-refractivity contribution < 1.29 is 14.3 Å². The van der Waals surface area contributed by atoms with Crippen molar-refractivity contribution in [2.75, 3.05) is 19.7 Å². The molecule has 0 aromatic rings. The number of hydrogen-bond donors (Lipinski definition) is 2. The SMILES string of the molecule is NC(=O)/C=C/CN1CCOC(=O)N1. The minimum atomic E-state index is -0.500. The average Bonchev–Trinajstić information content (AvgIpc) is 2.03. The Kier molecular flexibility index (Phi) is 3.27. The van der Waals surface area contributed by atoms with E-state index in [1.807, 2.05) is 0 Å². The fourth-order valence-electron chi connectivity index (χ4n) is 0.899. The first-order valence-corrected chi connectivity index (χ1v) is 3.83. The number of nitrogens with one attached hydrogen (secondary N) is 1. The van der Waals surface area contributed by atoms with E-state index in [2.05, 4.69) is 10.2 Å². The second-order valence-electron chi connectivity index (χ2n) is 2.50. The molecule has 0 bridgehead atoms. The summed E-state index contributed by atoms with van der Waals surface area (Å²) in [5.74, 6) is -0.500. The lowest BCUT2D eigenvalue weighted by atomic mass is 10.4. The van der Waals surface area contributed by atoms with Gasteiger partial charge in [-0.25, -0.2) is 9.80 Å². The monoisotopic (exact) mass is 185 g/mol. The van der Waals surface area contributed by atoms with E-state index in [1.165, 1.54) is 6.08 Å². The summed E-state index contributed by atoms with van der Waals surface area (Å²) in [6.45, 7) is 1.39. The molecule has 0 spiro atoms. The number of cyclic esters (lactones) is 1. The average molecular weight is 185 g/mol. The summed E-state index contributed by atoms with van der Waals surface area (Å²) in [5, 5.41) is 1.63. The zero-order valence-corrected chi connectivity index (χ0v) is 7.03. The molecule has 6 heteroatoms. The first kappa shape index (κ1) is 9.53. The van der Waals surface area contributed by atoms with Crippen molar-refractivity contribution in [2.45, 2.75) is 0 Å². The van der Waals surface area contributed by atoms with Crippen molar-refractivity contribution in [1.29, 1.82) is 0 Å². The Labute approximate surface area is 75.3 Å². The Bertz CT molecular complexity index is 239. The highest BCUT2D eigenvalue weighted by molar-refractivity contribution is 5.85. The van der Waals surface area contributed by atoms with Gasteiger partial charge in [0.05, 0.1) is 6.54 Å². The van der Waals surface area contributed by atoms with Crippen molar-refractivity contribution >= 4 is 12.0 Å². The minimum Gasteiger partial charge on any atom is -0.447 e. The molecular formula is C7H11N3O3. The van der Waals surface area contributed by atoms with Gasteiger partial charge in [0, 0.05) is 12.6 Å². The second-order valence-corrected chi connectivity index (χ2v) is 2.50. The third-order valence-corrected chi connectivity index (χ3v) is 1.45. The summed E-state index contributed by atoms with van der Waals surface area (Å²) < 4.78 is 4.63. The topological polar surface area (TPSA) is 84.7 Å². The van der Waals surface area contributed by atoms with Crippen LogP contribution in [-0.2, 0) is 9.53 Å². The molecule has 0 aromatic carbocycles. The molecule has 2 amide bonds. The van der Waals surface area contributed by atoms with E-state index in [9.17, 15) is 9.59 Å². The Balaban J connectivity index is 2.28. The number of ether oxygens (including phenoxy) is 1. The lowest BCUT2D eigenvalue weighted by molar-refractivity contribution is -0.113. The molecule has 1 saturated heterocycles. The summed E-state index contributed by atoms with van der Waals surface area (Å²) in [6.07, 6.45) is 2.36. The van der Waals surface area contributed by atoms with Gasteiger partial charge < -0.3 is 10.5 Å². The molecular weight excluding hydrogens is 174 g/mol. The lowest BCUT2D eigenvalue weighted by Crippen LogP contribution is -2.49. The smallest absolute Gasteiger partial charge is 0.421 e. The fraction of sp³-hybridized carbons (Fsp3) is 0.429. The van der Waals surface area contributed by atoms with E-state index >= 15 is 0 Å². The molecule has 0 atom stereocenters. The molecule has 1 fully saturated rings. The van der Waals surface area contributed by atoms with E-state index in [1.54, 1.807) is 11.1 Å². The number of nitrogens with zero attached hydrogens (tertiary/aromatic N) is 1. The summed E-state index contributed by atoms with van der Waals surface area (Å²) in [6, 6.07) is 0. The predicted molar refractivity (Wildman–Crippen MR) is 44.4 cm³/mol. The summed E-state index contributed by atoms with van der Waals surface area (Å²) >= 11 is 0. The lowest BCUT2D eigenvalue weighted by Gasteiger charge is -2.25. The zero-order chi connectivity index (χ0) is 9.68. The summed E-state index contributed by atoms with van der Waals surface area (Å²) in [4.78, 5) is 21.0. The van der Waals surface area contributed by atoms with Crippen molar-refractivity contribution in [2.24, 2.45) is 5.73 Å². The highest BCUT2D eigenvalue weighted by atomic mass is 16.6. The third kappa shape index (κ3) is 3.57. The van der Waals surface area contributed by atoms with Crippen LogP contribution >= 0.6 is 0 Å². The third-order valence-electron chi connectivity index (χ3n) is 1.45. The Morgan fingerprint density at radius 3 is 3.15 bits per heavy atom. The molecule has 1 aliphatic rings. The van der Waals surface area contributed by atoms with Crippen molar-refractivity contribution in [3.8, 4) is 0 Å². The van der Waals surface area contributed by atoms with Crippen LogP contribution < -0.4 is 11.2 Å². The quantitative estimate of drug-likeness (QED) is 0.551. The number of hydrazine groups is 1. The highest BCUT2D eigenvalue weighted by Crippen LogP contribution is 1.93. The molecule has 1 rings (SSSR count). The molecule has 1 aliphatic heterocycles. The Morgan fingerprint density at radius 1 is 1.77 bits per heavy atom. The number of amides is 2. The van der Waals surface area contributed by atoms with Crippen molar-refractivity contribution in [3.63, 3.8) is 0 Å². The molecule has 3 N–H and O–H groups in total. The maximum Gasteiger partial charge on any atom is 0.421 e. The highest BCUT2D eigenvalue weighted by Gasteiger charge is 2.14. The van der Waals surface area contributed by atoms with Crippen LogP contribution in [0.3, 0.4) is 0 Å². The maximum absolute atomic E-state index is 10.7. The molecule has 0 radical (unpaired) electrons. The standard InChI is InChI=1S/C7H11N3O3/c8-6(11)2-1-3-10-4-5-13-7(12)9-10/h1-2H,3-5H2,(H2,8,11)(H,9,12)/b2-1+. The summed E-state index contributed by atoms with van der Waals surface area (Å²) in [5.41, 5.74) is 7.34. The minimum absolute atomic E-state index is 0.357. The number of rotatable bonds is 3. The van der Waals surface area contributed by atoms with Crippen LogP contribution in [0, 0.1) is 0 Å². The number of carbonyl (C=O) groups excluding carboxylic acids is 2. The molecule has 72 valence electrons. The van der Waals surface area contributed by atoms with Gasteiger partial charge in [-0.05, 0) is 0 Å². The van der Waals surface area contributed by atoms with Crippen LogP contribution in [0.25, 0.3) is 0 Å². The van der Waals surface area contributed by atoms with Crippen LogP contribution in [-0.4, -0.2) is 36.7 Å². The second kappa shape index (κ2) is 4.46. The van der Waals surface area contributed by atoms with Gasteiger partial charge in [0.25, 0.3) is 0 Å². The number of nitrogens with two attached hydrogens (primary N) is 1. The van der Waals surface area contributed by atoms with Gasteiger partial charge in [0.2, 0.25) is 5.91 Å². The van der Waals surface area contributed by atoms with Gasteiger partial charge in [-0.15, -0.1) is 0 Å². The zero-order valence-electron chi connectivity index (χ0n) is 7.03. The van der Waals surface area contributed by atoms with Crippen molar-refractivity contribution in [1.82, 2.24) is 10.4 Å². The van der Waals surface area contributed by atoms with Gasteiger partial charge in [-0.2, -0.15) is 0 Å². The fourth-order valence-corrected chi connectivity index (χ4v) is 0.899. The molecule has 13 heavy (non-hydrogen) atoms. The van der Waals surface area contributed by atoms with E-state index in [0.717, 1.165) is 0 Å². The van der Waals surface area contributed by atoms with Gasteiger partial charge in [0.1, 0.15) is 6.61 Å². The van der Waals surface area contributed by atoms with Crippen LogP contribution in [0.2, 0.25) is 0 Å². The predicted octanol–water partition coefficient (Wildman–Crippen LogP) is -1.02. The van der Waals surface area contributed by atoms with Gasteiger partial charge in [-0.1, -0.05) is 6.08 Å². The van der Waals surface area contributed by atoms with Crippen LogP contribution in [0.5, 0.6) is 0 Å². The summed E-state index contributed by atoms with van der Waals surface area (Å²) in [7, 11) is 0. The van der Waals surface area contributed by atoms with E-state index < -0.39 is 12.0 Å². The molecule has 0 aromatic heterocycles. The van der Waals surface area contributed by atoms with Gasteiger partial charge in [-0.3, -0.25) is 10.2 Å². The molecule has 6 nitrogen and oxygen atoms in total. The number of primary amides is 1. The molecule has 0 aliphatic carbocycles. The normalized spacial score (nSPS) is 18.3. The van der Waals surface area contributed by atoms with Gasteiger partial charge >= 0.3 is 6.09 Å². The number of hydrogen-bond acceptors (Lipinski definition) is 4. The van der Waals surface area contributed by atoms with E-state index in [-0.39, 0.29) is 0 Å². The molecule has 0 unspecified atom stereocenters. The maximum atomic E-state index is 10.7. The van der Waals surface area contributed by atoms with Crippen LogP contribution in [0.4, 0.5) is 4.79 Å². The molecule has 1 heterocycles. The Hall–Kier alpha value is -1.56. The first-order valence-electron chi connectivity index (χ1n) is 3.83. The van der Waals surface area contributed by atoms with Gasteiger partial charge in [0.15, 0.2) is 0 Å². The number of carbonyl (C=O) groups is 2. The Morgan fingerprint density at radius 2 is 2.54 bits per heavy atom. The molecule has 0 saturated carbocycles. The first-order chi connectivity index (χ1) is 6.18. The largest absolute Gasteiger partial charge is 0.447 e. The van der Waals surface area contributed by atoms with E-state index in [0.29, 0.717) is 19.7 Å². The van der Waals surface area contributed by atoms with Crippen LogP contribution in [0.1, 0.15) is 0 Å².